The zero-order valence-corrected chi connectivity index (χ0v) is 20.2. The molecule has 0 aliphatic heterocycles. The zero-order valence-electron chi connectivity index (χ0n) is 17.0. The molecule has 3 aromatic carbocycles. The summed E-state index contributed by atoms with van der Waals surface area (Å²) in [6.45, 7) is 4.58. The first-order valence-corrected chi connectivity index (χ1v) is 11.5. The number of aryl methyl sites for hydroxylation is 1. The Balaban J connectivity index is 1.52. The SMILES string of the molecule is CCOc1ccc(C(=O)Nc2ccc(-c3nc4cc(CC)cc(Br)c4o3)cc2)cc1Br. The summed E-state index contributed by atoms with van der Waals surface area (Å²) in [5.74, 6) is 1.05. The van der Waals surface area contributed by atoms with E-state index >= 15 is 0 Å². The molecule has 0 saturated heterocycles. The molecule has 158 valence electrons. The fourth-order valence-electron chi connectivity index (χ4n) is 3.19. The van der Waals surface area contributed by atoms with Gasteiger partial charge >= 0.3 is 0 Å². The number of benzene rings is 3. The summed E-state index contributed by atoms with van der Waals surface area (Å²) in [5.41, 5.74) is 4.80. The van der Waals surface area contributed by atoms with E-state index in [0.29, 0.717) is 29.5 Å². The average molecular weight is 544 g/mol. The largest absolute Gasteiger partial charge is 0.493 e. The van der Waals surface area contributed by atoms with Crippen molar-refractivity contribution in [2.24, 2.45) is 0 Å². The number of carbonyl (C=O) groups is 1. The van der Waals surface area contributed by atoms with Gasteiger partial charge in [-0.25, -0.2) is 4.98 Å². The smallest absolute Gasteiger partial charge is 0.255 e. The molecule has 0 unspecified atom stereocenters. The Morgan fingerprint density at radius 1 is 1.03 bits per heavy atom. The lowest BCUT2D eigenvalue weighted by Crippen LogP contribution is -2.11. The molecule has 1 N–H and O–H groups in total. The minimum absolute atomic E-state index is 0.200. The monoisotopic (exact) mass is 542 g/mol. The number of fused-ring (bicyclic) bond motifs is 1. The maximum Gasteiger partial charge on any atom is 0.255 e. The van der Waals surface area contributed by atoms with Gasteiger partial charge in [-0.2, -0.15) is 0 Å². The number of aromatic nitrogens is 1. The number of amides is 1. The molecule has 7 heteroatoms. The van der Waals surface area contributed by atoms with Gasteiger partial charge in [-0.1, -0.05) is 6.92 Å². The molecule has 0 fully saturated rings. The molecule has 31 heavy (non-hydrogen) atoms. The maximum atomic E-state index is 12.6. The molecule has 0 radical (unpaired) electrons. The zero-order chi connectivity index (χ0) is 22.0. The predicted molar refractivity (Wildman–Crippen MR) is 130 cm³/mol. The van der Waals surface area contributed by atoms with Crippen LogP contribution in [-0.2, 0) is 6.42 Å². The van der Waals surface area contributed by atoms with E-state index in [1.54, 1.807) is 18.2 Å². The van der Waals surface area contributed by atoms with Crippen LogP contribution in [0, 0.1) is 0 Å². The summed E-state index contributed by atoms with van der Waals surface area (Å²) in [6.07, 6.45) is 0.927. The van der Waals surface area contributed by atoms with Crippen molar-refractivity contribution in [3.63, 3.8) is 0 Å². The fourth-order valence-corrected chi connectivity index (χ4v) is 4.26. The van der Waals surface area contributed by atoms with Gasteiger partial charge in [0.2, 0.25) is 5.89 Å². The second kappa shape index (κ2) is 9.24. The van der Waals surface area contributed by atoms with E-state index in [-0.39, 0.29) is 5.91 Å². The van der Waals surface area contributed by atoms with E-state index in [9.17, 15) is 4.79 Å². The van der Waals surface area contributed by atoms with Crippen molar-refractivity contribution in [3.8, 4) is 17.2 Å². The summed E-state index contributed by atoms with van der Waals surface area (Å²) >= 11 is 7.00. The summed E-state index contributed by atoms with van der Waals surface area (Å²) in [4.78, 5) is 17.2. The van der Waals surface area contributed by atoms with Gasteiger partial charge in [-0.3, -0.25) is 4.79 Å². The van der Waals surface area contributed by atoms with Crippen LogP contribution in [0.3, 0.4) is 0 Å². The van der Waals surface area contributed by atoms with Crippen molar-refractivity contribution in [2.45, 2.75) is 20.3 Å². The molecule has 0 bridgehead atoms. The lowest BCUT2D eigenvalue weighted by atomic mass is 10.1. The van der Waals surface area contributed by atoms with Gasteiger partial charge in [0.05, 0.1) is 15.6 Å². The Morgan fingerprint density at radius 3 is 2.48 bits per heavy atom. The molecule has 4 aromatic rings. The number of anilines is 1. The first-order chi connectivity index (χ1) is 15.0. The van der Waals surface area contributed by atoms with Gasteiger partial charge in [0, 0.05) is 16.8 Å². The molecule has 1 heterocycles. The Hall–Kier alpha value is -2.64. The van der Waals surface area contributed by atoms with E-state index in [4.69, 9.17) is 9.15 Å². The molecule has 0 atom stereocenters. The molecule has 0 aliphatic rings. The molecular weight excluding hydrogens is 524 g/mol. The number of oxazole rings is 1. The van der Waals surface area contributed by atoms with Crippen LogP contribution < -0.4 is 10.1 Å². The topological polar surface area (TPSA) is 64.4 Å². The van der Waals surface area contributed by atoms with Crippen LogP contribution >= 0.6 is 31.9 Å². The van der Waals surface area contributed by atoms with Crippen molar-refractivity contribution < 1.29 is 13.9 Å². The lowest BCUT2D eigenvalue weighted by Gasteiger charge is -2.09. The third-order valence-electron chi connectivity index (χ3n) is 4.80. The Bertz CT molecular complexity index is 1250. The third kappa shape index (κ3) is 4.67. The van der Waals surface area contributed by atoms with Crippen LogP contribution in [0.15, 0.2) is 68.0 Å². The van der Waals surface area contributed by atoms with Crippen LogP contribution in [0.5, 0.6) is 5.75 Å². The van der Waals surface area contributed by atoms with Crippen molar-refractivity contribution in [2.75, 3.05) is 11.9 Å². The van der Waals surface area contributed by atoms with E-state index in [1.165, 1.54) is 5.56 Å². The van der Waals surface area contributed by atoms with Crippen molar-refractivity contribution in [3.05, 3.63) is 74.7 Å². The highest BCUT2D eigenvalue weighted by Gasteiger charge is 2.13. The number of carbonyl (C=O) groups excluding carboxylic acids is 1. The fraction of sp³-hybridized carbons (Fsp3) is 0.167. The minimum Gasteiger partial charge on any atom is -0.493 e. The van der Waals surface area contributed by atoms with Crippen LogP contribution in [0.4, 0.5) is 5.69 Å². The molecule has 1 amide bonds. The van der Waals surface area contributed by atoms with E-state index in [2.05, 4.69) is 55.2 Å². The average Bonchev–Trinajstić information content (AvgIpc) is 3.20. The van der Waals surface area contributed by atoms with E-state index in [0.717, 1.165) is 32.0 Å². The molecule has 0 saturated carbocycles. The van der Waals surface area contributed by atoms with Crippen molar-refractivity contribution in [1.82, 2.24) is 4.98 Å². The Kier molecular flexibility index (Phi) is 6.43. The Labute approximate surface area is 197 Å². The van der Waals surface area contributed by atoms with Gasteiger partial charge in [-0.05, 0) is 105 Å². The van der Waals surface area contributed by atoms with Gasteiger partial charge in [-0.15, -0.1) is 0 Å². The van der Waals surface area contributed by atoms with Crippen LogP contribution in [0.1, 0.15) is 29.8 Å². The number of ether oxygens (including phenoxy) is 1. The lowest BCUT2D eigenvalue weighted by molar-refractivity contribution is 0.102. The number of hydrogen-bond acceptors (Lipinski definition) is 4. The molecule has 0 spiro atoms. The first-order valence-electron chi connectivity index (χ1n) is 9.91. The van der Waals surface area contributed by atoms with Gasteiger partial charge in [0.1, 0.15) is 11.3 Å². The second-order valence-corrected chi connectivity index (χ2v) is 8.62. The number of nitrogens with zero attached hydrogens (tertiary/aromatic N) is 1. The maximum absolute atomic E-state index is 12.6. The normalized spacial score (nSPS) is 11.0. The van der Waals surface area contributed by atoms with Crippen LogP contribution in [0.25, 0.3) is 22.6 Å². The van der Waals surface area contributed by atoms with Crippen molar-refractivity contribution >= 4 is 54.6 Å². The van der Waals surface area contributed by atoms with Crippen molar-refractivity contribution in [1.29, 1.82) is 0 Å². The first kappa shape index (κ1) is 21.6. The molecular formula is C24H20Br2N2O3. The molecule has 5 nitrogen and oxygen atoms in total. The highest BCUT2D eigenvalue weighted by Crippen LogP contribution is 2.31. The Morgan fingerprint density at radius 2 is 1.81 bits per heavy atom. The van der Waals surface area contributed by atoms with E-state index in [1.807, 2.05) is 37.3 Å². The van der Waals surface area contributed by atoms with E-state index < -0.39 is 0 Å². The summed E-state index contributed by atoms with van der Waals surface area (Å²) in [5, 5.41) is 2.91. The number of halogens is 2. The second-order valence-electron chi connectivity index (χ2n) is 6.91. The van der Waals surface area contributed by atoms with Gasteiger partial charge < -0.3 is 14.5 Å². The number of hydrogen-bond donors (Lipinski definition) is 1. The standard InChI is InChI=1S/C24H20Br2N2O3/c1-3-14-11-19(26)22-20(12-14)28-24(31-22)15-5-8-17(9-6-15)27-23(29)16-7-10-21(30-4-2)18(25)13-16/h5-13H,3-4H2,1-2H3,(H,27,29). The summed E-state index contributed by atoms with van der Waals surface area (Å²) in [7, 11) is 0. The summed E-state index contributed by atoms with van der Waals surface area (Å²) in [6, 6.07) is 16.8. The number of rotatable bonds is 6. The highest BCUT2D eigenvalue weighted by molar-refractivity contribution is 9.11. The predicted octanol–water partition coefficient (Wildman–Crippen LogP) is 7.23. The minimum atomic E-state index is -0.200. The molecule has 4 rings (SSSR count). The quantitative estimate of drug-likeness (QED) is 0.278. The molecule has 0 aliphatic carbocycles. The molecule has 1 aromatic heterocycles. The van der Waals surface area contributed by atoms with Crippen LogP contribution in [0.2, 0.25) is 0 Å². The van der Waals surface area contributed by atoms with Gasteiger partial charge in [0.15, 0.2) is 5.58 Å². The highest BCUT2D eigenvalue weighted by atomic mass is 79.9. The summed E-state index contributed by atoms with van der Waals surface area (Å²) < 4.78 is 13.1. The van der Waals surface area contributed by atoms with Crippen LogP contribution in [-0.4, -0.2) is 17.5 Å². The number of nitrogens with one attached hydrogen (secondary N) is 1. The third-order valence-corrected chi connectivity index (χ3v) is 6.01. The van der Waals surface area contributed by atoms with Gasteiger partial charge in [0.25, 0.3) is 5.91 Å².